The van der Waals surface area contributed by atoms with E-state index >= 15 is 0 Å². The summed E-state index contributed by atoms with van der Waals surface area (Å²) >= 11 is 0. The Morgan fingerprint density at radius 3 is 2.22 bits per heavy atom. The molecule has 0 atom stereocenters. The Hall–Kier alpha value is -1.21. The quantitative estimate of drug-likeness (QED) is 0.459. The van der Waals surface area contributed by atoms with Gasteiger partial charge in [-0.05, 0) is 39.3 Å². The highest BCUT2D eigenvalue weighted by Gasteiger charge is 2.27. The molecule has 0 radical (unpaired) electrons. The van der Waals surface area contributed by atoms with Gasteiger partial charge in [-0.25, -0.2) is 8.42 Å². The largest absolute Gasteiger partial charge is 0.352 e. The molecule has 0 unspecified atom stereocenters. The summed E-state index contributed by atoms with van der Waals surface area (Å²) in [6.45, 7) is 10.7. The van der Waals surface area contributed by atoms with Crippen LogP contribution in [0.4, 0.5) is 0 Å². The first-order valence-corrected chi connectivity index (χ1v) is 9.30. The minimum absolute atomic E-state index is 0.158. The summed E-state index contributed by atoms with van der Waals surface area (Å²) in [5.74, 6) is 0. The van der Waals surface area contributed by atoms with Crippen LogP contribution in [-0.2, 0) is 19.5 Å². The number of rotatable bonds is 11. The maximum Gasteiger partial charge on any atom is 0.243 e. The molecule has 0 aromatic heterocycles. The number of sulfonamides is 1. The van der Waals surface area contributed by atoms with E-state index in [0.717, 1.165) is 5.56 Å². The number of nitrogens with zero attached hydrogens (tertiary/aromatic N) is 1. The summed E-state index contributed by atoms with van der Waals surface area (Å²) < 4.78 is 38.1. The summed E-state index contributed by atoms with van der Waals surface area (Å²) in [6, 6.07) is 6.84. The summed E-state index contributed by atoms with van der Waals surface area (Å²) in [5.41, 5.74) is 1.02. The van der Waals surface area contributed by atoms with Gasteiger partial charge in [0.15, 0.2) is 6.29 Å². The van der Waals surface area contributed by atoms with E-state index in [9.17, 15) is 8.42 Å². The summed E-state index contributed by atoms with van der Waals surface area (Å²) in [4.78, 5) is 0.277. The van der Waals surface area contributed by atoms with Crippen LogP contribution in [0, 0.1) is 6.92 Å². The Morgan fingerprint density at radius 1 is 1.17 bits per heavy atom. The Labute approximate surface area is 140 Å². The van der Waals surface area contributed by atoms with Crippen LogP contribution in [0.2, 0.25) is 0 Å². The van der Waals surface area contributed by atoms with Crippen molar-refractivity contribution >= 4 is 10.0 Å². The molecule has 0 bridgehead atoms. The molecule has 1 aromatic rings. The minimum atomic E-state index is -3.60. The first-order chi connectivity index (χ1) is 11.0. The van der Waals surface area contributed by atoms with E-state index in [1.54, 1.807) is 30.3 Å². The Morgan fingerprint density at radius 2 is 1.74 bits per heavy atom. The van der Waals surface area contributed by atoms with Crippen LogP contribution in [0.1, 0.15) is 25.8 Å². The van der Waals surface area contributed by atoms with Crippen LogP contribution in [0.5, 0.6) is 0 Å². The number of aryl methyl sites for hydroxylation is 1. The van der Waals surface area contributed by atoms with Crippen LogP contribution in [0.15, 0.2) is 41.8 Å². The van der Waals surface area contributed by atoms with Gasteiger partial charge in [-0.3, -0.25) is 0 Å². The molecule has 0 N–H and O–H groups in total. The fourth-order valence-corrected chi connectivity index (χ4v) is 3.54. The average Bonchev–Trinajstić information content (AvgIpc) is 2.52. The molecule has 0 spiro atoms. The Kier molecular flexibility index (Phi) is 8.47. The molecule has 1 rings (SSSR count). The second-order valence-corrected chi connectivity index (χ2v) is 7.03. The van der Waals surface area contributed by atoms with Crippen LogP contribution >= 0.6 is 0 Å². The van der Waals surface area contributed by atoms with Crippen molar-refractivity contribution in [1.82, 2.24) is 4.31 Å². The number of hydrogen-bond acceptors (Lipinski definition) is 4. The molecule has 0 amide bonds. The summed E-state index contributed by atoms with van der Waals surface area (Å²) in [6.07, 6.45) is 1.69. The van der Waals surface area contributed by atoms with E-state index in [1.807, 2.05) is 20.8 Å². The summed E-state index contributed by atoms with van der Waals surface area (Å²) in [7, 11) is -3.60. The smallest absolute Gasteiger partial charge is 0.243 e. The van der Waals surface area contributed by atoms with E-state index < -0.39 is 16.3 Å². The maximum absolute atomic E-state index is 12.9. The Bertz CT molecular complexity index is 563. The first-order valence-electron chi connectivity index (χ1n) is 7.86. The van der Waals surface area contributed by atoms with Gasteiger partial charge in [-0.1, -0.05) is 23.8 Å². The SMILES string of the molecule is C=CCCN(CC(OCC)OCC)S(=O)(=O)c1ccc(C)cc1. The van der Waals surface area contributed by atoms with Crippen molar-refractivity contribution in [3.8, 4) is 0 Å². The zero-order chi connectivity index (χ0) is 17.3. The molecule has 0 aliphatic rings. The van der Waals surface area contributed by atoms with Crippen molar-refractivity contribution in [3.63, 3.8) is 0 Å². The average molecular weight is 341 g/mol. The fourth-order valence-electron chi connectivity index (χ4n) is 2.10. The lowest BCUT2D eigenvalue weighted by molar-refractivity contribution is -0.140. The normalized spacial score (nSPS) is 12.0. The summed E-state index contributed by atoms with van der Waals surface area (Å²) in [5, 5.41) is 0. The van der Waals surface area contributed by atoms with Gasteiger partial charge >= 0.3 is 0 Å². The van der Waals surface area contributed by atoms with Crippen molar-refractivity contribution in [2.75, 3.05) is 26.3 Å². The highest BCUT2D eigenvalue weighted by atomic mass is 32.2. The predicted molar refractivity (Wildman–Crippen MR) is 91.8 cm³/mol. The number of hydrogen-bond donors (Lipinski definition) is 0. The van der Waals surface area contributed by atoms with E-state index in [2.05, 4.69) is 6.58 Å². The van der Waals surface area contributed by atoms with Crippen LogP contribution in [0.3, 0.4) is 0 Å². The third-order valence-corrected chi connectivity index (χ3v) is 5.18. The van der Waals surface area contributed by atoms with Gasteiger partial charge < -0.3 is 9.47 Å². The molecular formula is C17H27NO4S. The van der Waals surface area contributed by atoms with E-state index in [-0.39, 0.29) is 11.4 Å². The van der Waals surface area contributed by atoms with Crippen molar-refractivity contribution in [2.24, 2.45) is 0 Å². The molecule has 0 saturated carbocycles. The van der Waals surface area contributed by atoms with Crippen LogP contribution in [0.25, 0.3) is 0 Å². The van der Waals surface area contributed by atoms with Crippen molar-refractivity contribution in [1.29, 1.82) is 0 Å². The molecule has 0 heterocycles. The second kappa shape index (κ2) is 9.82. The molecule has 0 aliphatic carbocycles. The zero-order valence-electron chi connectivity index (χ0n) is 14.2. The molecule has 130 valence electrons. The maximum atomic E-state index is 12.9. The molecule has 5 nitrogen and oxygen atoms in total. The van der Waals surface area contributed by atoms with E-state index in [1.165, 1.54) is 4.31 Å². The van der Waals surface area contributed by atoms with Crippen molar-refractivity contribution in [3.05, 3.63) is 42.5 Å². The highest BCUT2D eigenvalue weighted by molar-refractivity contribution is 7.89. The monoisotopic (exact) mass is 341 g/mol. The third-order valence-electron chi connectivity index (χ3n) is 3.30. The molecule has 23 heavy (non-hydrogen) atoms. The fraction of sp³-hybridized carbons (Fsp3) is 0.529. The topological polar surface area (TPSA) is 55.8 Å². The van der Waals surface area contributed by atoms with Crippen LogP contribution in [-0.4, -0.2) is 45.3 Å². The first kappa shape index (κ1) is 19.8. The van der Waals surface area contributed by atoms with Gasteiger partial charge in [0, 0.05) is 19.8 Å². The molecule has 0 fully saturated rings. The molecule has 0 saturated heterocycles. The van der Waals surface area contributed by atoms with Gasteiger partial charge in [0.05, 0.1) is 11.4 Å². The minimum Gasteiger partial charge on any atom is -0.352 e. The highest BCUT2D eigenvalue weighted by Crippen LogP contribution is 2.18. The number of benzene rings is 1. The van der Waals surface area contributed by atoms with Crippen molar-refractivity contribution in [2.45, 2.75) is 38.4 Å². The standard InChI is InChI=1S/C17H27NO4S/c1-5-8-13-18(14-17(21-6-2)22-7-3)23(19,20)16-11-9-15(4)10-12-16/h5,9-12,17H,1,6-8,13-14H2,2-4H3. The van der Waals surface area contributed by atoms with Gasteiger partial charge in [0.1, 0.15) is 0 Å². The van der Waals surface area contributed by atoms with Gasteiger partial charge in [0.2, 0.25) is 10.0 Å². The molecular weight excluding hydrogens is 314 g/mol. The lowest BCUT2D eigenvalue weighted by atomic mass is 10.2. The van der Waals surface area contributed by atoms with Crippen LogP contribution < -0.4 is 0 Å². The third kappa shape index (κ3) is 6.06. The second-order valence-electron chi connectivity index (χ2n) is 5.09. The van der Waals surface area contributed by atoms with Gasteiger partial charge in [-0.2, -0.15) is 4.31 Å². The molecule has 1 aromatic carbocycles. The van der Waals surface area contributed by atoms with E-state index in [0.29, 0.717) is 26.2 Å². The Balaban J connectivity index is 3.02. The molecule has 0 aliphatic heterocycles. The van der Waals surface area contributed by atoms with Crippen molar-refractivity contribution < 1.29 is 17.9 Å². The van der Waals surface area contributed by atoms with E-state index in [4.69, 9.17) is 9.47 Å². The lowest BCUT2D eigenvalue weighted by Crippen LogP contribution is -2.40. The lowest BCUT2D eigenvalue weighted by Gasteiger charge is -2.26. The van der Waals surface area contributed by atoms with Gasteiger partial charge in [-0.15, -0.1) is 6.58 Å². The number of ether oxygens (including phenoxy) is 2. The molecule has 6 heteroatoms. The predicted octanol–water partition coefficient (Wildman–Crippen LogP) is 2.96. The van der Waals surface area contributed by atoms with Gasteiger partial charge in [0.25, 0.3) is 0 Å². The zero-order valence-corrected chi connectivity index (χ0v) is 15.0.